The van der Waals surface area contributed by atoms with Crippen LogP contribution in [0.25, 0.3) is 9.69 Å². The van der Waals surface area contributed by atoms with Gasteiger partial charge in [-0.05, 0) is 387 Å². The number of nitrogens with one attached hydrogen (secondary N) is 1. The summed E-state index contributed by atoms with van der Waals surface area (Å²) in [6.45, 7) is 36.1. The predicted octanol–water partition coefficient (Wildman–Crippen LogP) is 17.1. The van der Waals surface area contributed by atoms with E-state index in [-0.39, 0.29) is 44.0 Å². The number of carbonyl (C=O) groups is 4. The molecule has 124 heavy (non-hydrogen) atoms. The zero-order valence-corrected chi connectivity index (χ0v) is 79.6. The number of aryl methyl sites for hydroxylation is 2. The average Bonchev–Trinajstić information content (AvgIpc) is 1.55. The van der Waals surface area contributed by atoms with Crippen molar-refractivity contribution in [2.45, 2.75) is 258 Å². The number of ether oxygens (including phenoxy) is 7. The number of amides is 3. The van der Waals surface area contributed by atoms with Gasteiger partial charge in [0.15, 0.2) is 21.6 Å². The van der Waals surface area contributed by atoms with Crippen molar-refractivity contribution in [1.82, 2.24) is 15.1 Å². The van der Waals surface area contributed by atoms with Crippen LogP contribution in [0.2, 0.25) is 0 Å². The minimum Gasteiger partial charge on any atom is -0.481 e. The number of benzene rings is 2. The number of aliphatic hydroxyl groups excluding tert-OH is 3. The van der Waals surface area contributed by atoms with Crippen LogP contribution in [-0.2, 0) is 52.3 Å². The Bertz CT molecular complexity index is 3680. The normalized spacial score (nSPS) is 30.8. The maximum absolute atomic E-state index is 13.3. The van der Waals surface area contributed by atoms with E-state index in [0.717, 1.165) is 114 Å². The number of aliphatic hydroxyl groups is 3. The van der Waals surface area contributed by atoms with E-state index in [2.05, 4.69) is 42.3 Å². The molecule has 692 valence electrons. The fourth-order valence-electron chi connectivity index (χ4n) is 26.6. The van der Waals surface area contributed by atoms with Gasteiger partial charge in [0.05, 0.1) is 106 Å². The topological polar surface area (TPSA) is 274 Å². The molecule has 2 saturated heterocycles. The Labute approximate surface area is 766 Å². The van der Waals surface area contributed by atoms with Gasteiger partial charge in [0.25, 0.3) is 11.8 Å². The molecule has 0 radical (unpaired) electrons. The van der Waals surface area contributed by atoms with Crippen LogP contribution in [0.4, 0.5) is 22.7 Å². The van der Waals surface area contributed by atoms with E-state index in [1.54, 1.807) is 92.5 Å². The lowest BCUT2D eigenvalue weighted by atomic mass is 9.49. The lowest BCUT2D eigenvalue weighted by Crippen LogP contribution is -2.46. The van der Waals surface area contributed by atoms with Gasteiger partial charge < -0.3 is 74.4 Å². The number of hydrogen-bond donors (Lipinski definition) is 6. The standard InChI is InChI=1S/C33H46N4O4S.C17H19N3O3S.C16H29NO2.C16H28O3.C12H19I.C4H10O3/c1-23-16-27(7-8-28(23)34-4)37-30(39)32(2,3)36(31(37)42)11-5-6-29(38)35-10-13-41-15-14-40-12-9-33-20-24-17-25(21-33)19-26(18-24)22-33;1-11-10-12(7-8-13(11)18-4)20-15(23)17(2,3)19(16(20)24)9-5-6-14(21)22;2*17-2-4-19-6-5-18-3-1-16-10-13-7-14(11-16)9-15(8-13)12-16;13-2-1-12-6-9-3-10(7-12)5-11(4-9)8-12;5-1-3-7-4-2-6/h7-8,16,24-26H,5-6,9-15,17-22H2,1-3H3,(H,35,38);7-8,10H,5-6,9H2,1-3H3,(H,21,22);13-15H,1-12,17H2;13-15,17H,1-12H2;9-11H,1-8H2;5-6H,1-4H2. The Kier molecular flexibility index (Phi) is 38.2. The summed E-state index contributed by atoms with van der Waals surface area (Å²) >= 11 is 13.7. The van der Waals surface area contributed by atoms with Crippen LogP contribution in [0.15, 0.2) is 36.4 Å². The van der Waals surface area contributed by atoms with Gasteiger partial charge in [-0.15, -0.1) is 0 Å². The molecule has 2 aliphatic heterocycles. The summed E-state index contributed by atoms with van der Waals surface area (Å²) in [5.41, 5.74) is 10.4. The van der Waals surface area contributed by atoms with E-state index in [0.29, 0.717) is 161 Å². The number of rotatable bonds is 41. The van der Waals surface area contributed by atoms with Crippen molar-refractivity contribution in [3.05, 3.63) is 70.4 Å². The first-order valence-corrected chi connectivity index (χ1v) is 49.9. The molecule has 7 N–H and O–H groups in total. The third kappa shape index (κ3) is 27.1. The van der Waals surface area contributed by atoms with Gasteiger partial charge >= 0.3 is 5.97 Å². The number of aliphatic carboxylic acids is 1. The molecule has 2 heterocycles. The van der Waals surface area contributed by atoms with E-state index in [1.807, 2.05) is 38.7 Å². The van der Waals surface area contributed by atoms with E-state index in [9.17, 15) is 19.2 Å². The molecule has 0 unspecified atom stereocenters. The van der Waals surface area contributed by atoms with E-state index in [1.165, 1.54) is 151 Å². The molecule has 16 saturated carbocycles. The minimum atomic E-state index is -0.869. The Morgan fingerprint density at radius 2 is 0.734 bits per heavy atom. The summed E-state index contributed by atoms with van der Waals surface area (Å²) in [7, 11) is 0. The van der Waals surface area contributed by atoms with Crippen LogP contribution in [0, 0.1) is 120 Å². The first kappa shape index (κ1) is 99.9. The second-order valence-electron chi connectivity index (χ2n) is 41.0. The molecule has 2 aromatic carbocycles. The highest BCUT2D eigenvalue weighted by Gasteiger charge is 2.56. The molecule has 0 atom stereocenters. The predicted molar refractivity (Wildman–Crippen MR) is 502 cm³/mol. The first-order valence-electron chi connectivity index (χ1n) is 47.5. The van der Waals surface area contributed by atoms with E-state index >= 15 is 0 Å². The number of nitrogens with zero attached hydrogens (tertiary/aromatic N) is 6. The SMILES string of the molecule is ICCC12CC3CC(CC(C3)C1)C2.NCCOCCOCCC12CC3CC(CC(C3)C1)C2.OCCOCCO.OCCOCCOCCC12CC3CC(CC(C3)C1)C2.[C-]#[N+]c1ccc(N2C(=O)C(C)(C)N(CCCC(=O)NCCOCCOCCC34CC5CC(CC(C5)C3)C4)C2=S)cc1C.[C-]#[N+]c1ccc(N2C(=O)C(C)(C)N(CCCC(=O)O)C2=S)cc1C. The molecule has 2 aromatic rings. The summed E-state index contributed by atoms with van der Waals surface area (Å²) in [6, 6.07) is 10.5. The van der Waals surface area contributed by atoms with Crippen LogP contribution in [0.1, 0.15) is 244 Å². The molecule has 0 aromatic heterocycles. The summed E-state index contributed by atoms with van der Waals surface area (Å²) in [6.07, 6.45) is 43.0. The van der Waals surface area contributed by atoms with Crippen molar-refractivity contribution < 1.29 is 72.8 Å². The van der Waals surface area contributed by atoms with Gasteiger partial charge in [0, 0.05) is 74.6 Å². The number of nitrogens with two attached hydrogens (primary N) is 1. The minimum absolute atomic E-state index is 0.0278. The van der Waals surface area contributed by atoms with E-state index < -0.39 is 17.0 Å². The highest BCUT2D eigenvalue weighted by atomic mass is 127. The fraction of sp³-hybridized carbons (Fsp3) is 0.796. The van der Waals surface area contributed by atoms with Gasteiger partial charge in [0.2, 0.25) is 5.91 Å². The summed E-state index contributed by atoms with van der Waals surface area (Å²) in [4.78, 5) is 62.8. The molecule has 18 aliphatic rings. The smallest absolute Gasteiger partial charge is 0.303 e. The van der Waals surface area contributed by atoms with Gasteiger partial charge in [-0.2, -0.15) is 0 Å². The largest absolute Gasteiger partial charge is 0.481 e. The number of hydrogen-bond acceptors (Lipinski definition) is 17. The number of thiocarbonyl (C=S) groups is 2. The lowest BCUT2D eigenvalue weighted by Gasteiger charge is -2.57. The maximum atomic E-state index is 13.3. The number of carbonyl (C=O) groups excluding carboxylic acids is 3. The zero-order valence-electron chi connectivity index (χ0n) is 75.8. The Morgan fingerprint density at radius 3 is 1.02 bits per heavy atom. The van der Waals surface area contributed by atoms with Crippen LogP contribution < -0.4 is 20.9 Å². The summed E-state index contributed by atoms with van der Waals surface area (Å²) in [5.74, 6) is 11.5. The van der Waals surface area contributed by atoms with Crippen molar-refractivity contribution in [3.63, 3.8) is 0 Å². The third-order valence-electron chi connectivity index (χ3n) is 30.6. The Balaban J connectivity index is 0.000000156. The van der Waals surface area contributed by atoms with Crippen molar-refractivity contribution >= 4 is 104 Å². The first-order chi connectivity index (χ1) is 59.6. The third-order valence-corrected chi connectivity index (χ3v) is 31.9. The second kappa shape index (κ2) is 47.5. The van der Waals surface area contributed by atoms with Crippen LogP contribution in [0.5, 0.6) is 0 Å². The number of alkyl halides is 1. The van der Waals surface area contributed by atoms with Gasteiger partial charge in [-0.1, -0.05) is 34.7 Å². The molecular weight excluding hydrogens is 1720 g/mol. The van der Waals surface area contributed by atoms with Crippen molar-refractivity contribution in [3.8, 4) is 0 Å². The number of carboxylic acid groups (broad SMARTS) is 1. The fourth-order valence-corrected chi connectivity index (χ4v) is 28.8. The molecule has 20 rings (SSSR count). The molecule has 16 aliphatic carbocycles. The van der Waals surface area contributed by atoms with Gasteiger partial charge in [-0.3, -0.25) is 29.0 Å². The highest BCUT2D eigenvalue weighted by Crippen LogP contribution is 2.65. The van der Waals surface area contributed by atoms with Crippen LogP contribution >= 0.6 is 47.0 Å². The molecular formula is C98H151IN8O15S2. The van der Waals surface area contributed by atoms with Gasteiger partial charge in [-0.25, -0.2) is 9.69 Å². The lowest BCUT2D eigenvalue weighted by molar-refractivity contribution is -0.137. The molecule has 18 fully saturated rings. The van der Waals surface area contributed by atoms with Crippen LogP contribution in [-0.4, -0.2) is 218 Å². The number of carboxylic acids is 1. The van der Waals surface area contributed by atoms with E-state index in [4.69, 9.17) is 92.2 Å². The molecule has 3 amide bonds. The molecule has 16 bridgehead atoms. The Hall–Kier alpha value is -4.63. The monoisotopic (exact) mass is 1870 g/mol. The van der Waals surface area contributed by atoms with Crippen molar-refractivity contribution in [1.29, 1.82) is 0 Å². The van der Waals surface area contributed by atoms with Crippen molar-refractivity contribution in [2.24, 2.45) is 98.4 Å². The summed E-state index contributed by atoms with van der Waals surface area (Å²) in [5, 5.41) is 37.3. The number of halogens is 1. The quantitative estimate of drug-likeness (QED) is 0.0119. The van der Waals surface area contributed by atoms with Gasteiger partial charge in [0.1, 0.15) is 11.1 Å². The summed E-state index contributed by atoms with van der Waals surface area (Å²) < 4.78 is 39.6. The zero-order chi connectivity index (χ0) is 88.7. The second-order valence-corrected chi connectivity index (χ2v) is 42.8. The van der Waals surface area contributed by atoms with Crippen LogP contribution in [0.3, 0.4) is 0 Å². The molecule has 0 spiro atoms. The van der Waals surface area contributed by atoms with Crippen molar-refractivity contribution in [2.75, 3.05) is 153 Å². The molecule has 26 heteroatoms. The number of anilines is 2. The molecule has 23 nitrogen and oxygen atoms in total. The highest BCUT2D eigenvalue weighted by molar-refractivity contribution is 14.1. The maximum Gasteiger partial charge on any atom is 0.303 e. The average molecular weight is 1870 g/mol. The Morgan fingerprint density at radius 1 is 0.452 bits per heavy atom.